The molecule has 94 valence electrons. The van der Waals surface area contributed by atoms with E-state index in [1.807, 2.05) is 0 Å². The number of halogens is 5. The summed E-state index contributed by atoms with van der Waals surface area (Å²) in [6, 6.07) is 1.19. The Hall–Kier alpha value is -0.770. The van der Waals surface area contributed by atoms with E-state index in [-0.39, 0.29) is 9.45 Å². The molecule has 0 atom stereocenters. The maximum Gasteiger partial charge on any atom is 0.573 e. The largest absolute Gasteiger partial charge is 0.573 e. The molecule has 0 aliphatic heterocycles. The Bertz CT molecular complexity index is 452. The Morgan fingerprint density at radius 2 is 2.12 bits per heavy atom. The fourth-order valence-electron chi connectivity index (χ4n) is 0.979. The summed E-state index contributed by atoms with van der Waals surface area (Å²) in [6.45, 7) is 0. The van der Waals surface area contributed by atoms with Crippen molar-refractivity contribution in [3.05, 3.63) is 15.5 Å². The first kappa shape index (κ1) is 14.3. The topological polar surface area (TPSA) is 48.4 Å². The third kappa shape index (κ3) is 3.87. The molecule has 0 radical (unpaired) electrons. The van der Waals surface area contributed by atoms with Crippen molar-refractivity contribution in [1.82, 2.24) is 4.98 Å². The molecule has 1 aromatic rings. The summed E-state index contributed by atoms with van der Waals surface area (Å²) in [5.74, 6) is -1.12. The molecular formula is C8H4ClF3INO3. The van der Waals surface area contributed by atoms with Crippen molar-refractivity contribution in [3.8, 4) is 11.5 Å². The van der Waals surface area contributed by atoms with Crippen molar-refractivity contribution in [3.63, 3.8) is 0 Å². The third-order valence-electron chi connectivity index (χ3n) is 1.53. The van der Waals surface area contributed by atoms with Crippen molar-refractivity contribution in [2.24, 2.45) is 0 Å². The Kier molecular flexibility index (Phi) is 4.42. The first-order valence-electron chi connectivity index (χ1n) is 3.94. The normalized spacial score (nSPS) is 11.2. The molecule has 0 aromatic carbocycles. The third-order valence-corrected chi connectivity index (χ3v) is 2.26. The van der Waals surface area contributed by atoms with Crippen LogP contribution in [0.5, 0.6) is 11.5 Å². The number of methoxy groups -OCH3 is 1. The molecule has 0 fully saturated rings. The van der Waals surface area contributed by atoms with Gasteiger partial charge in [0.1, 0.15) is 3.70 Å². The second-order valence-corrected chi connectivity index (χ2v) is 4.10. The van der Waals surface area contributed by atoms with Gasteiger partial charge in [-0.1, -0.05) is 0 Å². The van der Waals surface area contributed by atoms with Gasteiger partial charge in [-0.3, -0.25) is 4.79 Å². The lowest BCUT2D eigenvalue weighted by Gasteiger charge is -2.14. The number of rotatable bonds is 3. The van der Waals surface area contributed by atoms with Crippen molar-refractivity contribution >= 4 is 39.4 Å². The first-order chi connectivity index (χ1) is 7.74. The number of carbonyl (C=O) groups is 1. The van der Waals surface area contributed by atoms with Crippen molar-refractivity contribution in [1.29, 1.82) is 0 Å². The zero-order valence-electron chi connectivity index (χ0n) is 8.14. The Balaban J connectivity index is 3.37. The van der Waals surface area contributed by atoms with Gasteiger partial charge in [-0.15, -0.1) is 13.2 Å². The Morgan fingerprint density at radius 3 is 2.53 bits per heavy atom. The summed E-state index contributed by atoms with van der Waals surface area (Å²) in [5, 5.41) is -1.17. The van der Waals surface area contributed by atoms with Crippen LogP contribution in [0.3, 0.4) is 0 Å². The Morgan fingerprint density at radius 1 is 1.53 bits per heavy atom. The maximum absolute atomic E-state index is 12.1. The lowest BCUT2D eigenvalue weighted by atomic mass is 10.3. The number of carbonyl (C=O) groups excluding carboxylic acids is 1. The van der Waals surface area contributed by atoms with Gasteiger partial charge >= 0.3 is 6.36 Å². The number of aromatic nitrogens is 1. The summed E-state index contributed by atoms with van der Waals surface area (Å²) >= 11 is 6.83. The summed E-state index contributed by atoms with van der Waals surface area (Å²) < 4.78 is 45.0. The summed E-state index contributed by atoms with van der Waals surface area (Å²) in [6.07, 6.45) is -4.97. The average molecular weight is 381 g/mol. The molecule has 1 aromatic heterocycles. The van der Waals surface area contributed by atoms with Crippen LogP contribution in [0.4, 0.5) is 13.2 Å². The van der Waals surface area contributed by atoms with E-state index < -0.39 is 23.0 Å². The highest BCUT2D eigenvalue weighted by molar-refractivity contribution is 14.1. The van der Waals surface area contributed by atoms with Gasteiger partial charge in [-0.2, -0.15) is 0 Å². The predicted molar refractivity (Wildman–Crippen MR) is 60.4 cm³/mol. The van der Waals surface area contributed by atoms with E-state index in [0.29, 0.717) is 0 Å². The van der Waals surface area contributed by atoms with E-state index in [2.05, 4.69) is 14.5 Å². The highest BCUT2D eigenvalue weighted by atomic mass is 127. The number of ether oxygens (including phenoxy) is 2. The molecule has 1 heterocycles. The minimum absolute atomic E-state index is 0.248. The highest BCUT2D eigenvalue weighted by Gasteiger charge is 2.35. The van der Waals surface area contributed by atoms with Gasteiger partial charge < -0.3 is 9.47 Å². The van der Waals surface area contributed by atoms with E-state index in [1.54, 1.807) is 22.6 Å². The number of hydrogen-bond donors (Lipinski definition) is 0. The molecule has 17 heavy (non-hydrogen) atoms. The lowest BCUT2D eigenvalue weighted by Crippen LogP contribution is -2.20. The maximum atomic E-state index is 12.1. The van der Waals surface area contributed by atoms with Gasteiger partial charge in [0.15, 0.2) is 11.4 Å². The minimum Gasteiger partial charge on any atom is -0.493 e. The van der Waals surface area contributed by atoms with E-state index in [0.717, 1.165) is 7.11 Å². The summed E-state index contributed by atoms with van der Waals surface area (Å²) in [4.78, 5) is 14.5. The first-order valence-corrected chi connectivity index (χ1v) is 5.40. The highest BCUT2D eigenvalue weighted by Crippen LogP contribution is 2.36. The molecule has 0 unspecified atom stereocenters. The molecule has 0 N–H and O–H groups in total. The molecule has 4 nitrogen and oxygen atoms in total. The molecule has 0 aliphatic rings. The molecule has 0 saturated heterocycles. The number of nitrogens with zero attached hydrogens (tertiary/aromatic N) is 1. The SMILES string of the molecule is COc1cc(I)nc(C(=O)Cl)c1OC(F)(F)F. The predicted octanol–water partition coefficient (Wildman–Crippen LogP) is 2.97. The second kappa shape index (κ2) is 5.25. The fraction of sp³-hybridized carbons (Fsp3) is 0.250. The van der Waals surface area contributed by atoms with Gasteiger partial charge in [0, 0.05) is 6.07 Å². The van der Waals surface area contributed by atoms with Crippen LogP contribution in [0.1, 0.15) is 10.5 Å². The average Bonchev–Trinajstić information content (AvgIpc) is 2.17. The molecule has 0 bridgehead atoms. The van der Waals surface area contributed by atoms with Crippen LogP contribution < -0.4 is 9.47 Å². The van der Waals surface area contributed by atoms with Gasteiger partial charge in [0.05, 0.1) is 7.11 Å². The summed E-state index contributed by atoms with van der Waals surface area (Å²) in [5.41, 5.74) is -0.646. The monoisotopic (exact) mass is 381 g/mol. The zero-order valence-corrected chi connectivity index (χ0v) is 11.1. The van der Waals surface area contributed by atoms with Gasteiger partial charge in [0.25, 0.3) is 5.24 Å². The van der Waals surface area contributed by atoms with Crippen LogP contribution in [0.15, 0.2) is 6.07 Å². The lowest BCUT2D eigenvalue weighted by molar-refractivity contribution is -0.275. The van der Waals surface area contributed by atoms with Gasteiger partial charge in [0.2, 0.25) is 5.75 Å². The van der Waals surface area contributed by atoms with Crippen LogP contribution >= 0.6 is 34.2 Å². The van der Waals surface area contributed by atoms with Crippen LogP contribution in [-0.2, 0) is 0 Å². The van der Waals surface area contributed by atoms with Crippen LogP contribution in [0.25, 0.3) is 0 Å². The molecule has 0 saturated carbocycles. The van der Waals surface area contributed by atoms with Gasteiger partial charge in [-0.05, 0) is 34.2 Å². The number of alkyl halides is 3. The standard InChI is InChI=1S/C8H4ClF3INO3/c1-16-3-2-4(13)14-5(7(9)15)6(3)17-8(10,11)12/h2H,1H3. The van der Waals surface area contributed by atoms with E-state index in [9.17, 15) is 18.0 Å². The Labute approximate surface area is 112 Å². The fourth-order valence-corrected chi connectivity index (χ4v) is 1.63. The molecular weight excluding hydrogens is 377 g/mol. The van der Waals surface area contributed by atoms with E-state index in [1.165, 1.54) is 6.07 Å². The molecule has 1 rings (SSSR count). The molecule has 0 aliphatic carbocycles. The second-order valence-electron chi connectivity index (χ2n) is 2.65. The molecule has 0 spiro atoms. The van der Waals surface area contributed by atoms with Crippen LogP contribution in [0, 0.1) is 3.70 Å². The van der Waals surface area contributed by atoms with E-state index >= 15 is 0 Å². The van der Waals surface area contributed by atoms with Gasteiger partial charge in [-0.25, -0.2) is 4.98 Å². The van der Waals surface area contributed by atoms with Crippen LogP contribution in [0.2, 0.25) is 0 Å². The minimum atomic E-state index is -4.97. The quantitative estimate of drug-likeness (QED) is 0.459. The smallest absolute Gasteiger partial charge is 0.493 e. The van der Waals surface area contributed by atoms with E-state index in [4.69, 9.17) is 11.6 Å². The van der Waals surface area contributed by atoms with Crippen molar-refractivity contribution in [2.45, 2.75) is 6.36 Å². The summed E-state index contributed by atoms with van der Waals surface area (Å²) in [7, 11) is 1.14. The molecule has 9 heteroatoms. The zero-order chi connectivity index (χ0) is 13.2. The van der Waals surface area contributed by atoms with Crippen molar-refractivity contribution in [2.75, 3.05) is 7.11 Å². The van der Waals surface area contributed by atoms with Crippen LogP contribution in [-0.4, -0.2) is 23.7 Å². The van der Waals surface area contributed by atoms with Crippen molar-refractivity contribution < 1.29 is 27.4 Å². The number of pyridine rings is 1. The molecule has 0 amide bonds. The number of hydrogen-bond acceptors (Lipinski definition) is 4.